The van der Waals surface area contributed by atoms with Gasteiger partial charge in [0.15, 0.2) is 0 Å². The van der Waals surface area contributed by atoms with Crippen LogP contribution in [0.4, 0.5) is 13.2 Å². The lowest BCUT2D eigenvalue weighted by Crippen LogP contribution is -2.40. The zero-order valence-corrected chi connectivity index (χ0v) is 12.9. The third-order valence-corrected chi connectivity index (χ3v) is 3.42. The molecule has 0 atom stereocenters. The van der Waals surface area contributed by atoms with E-state index in [4.69, 9.17) is 0 Å². The molecule has 1 heterocycles. The smallest absolute Gasteiger partial charge is 0.357 e. The number of benzene rings is 1. The van der Waals surface area contributed by atoms with Crippen molar-refractivity contribution in [3.8, 4) is 0 Å². The first kappa shape index (κ1) is 17.7. The van der Waals surface area contributed by atoms with Crippen molar-refractivity contribution in [1.29, 1.82) is 0 Å². The molecule has 24 heavy (non-hydrogen) atoms. The average molecular weight is 355 g/mol. The Morgan fingerprint density at radius 2 is 1.79 bits per heavy atom. The Morgan fingerprint density at radius 3 is 2.38 bits per heavy atom. The van der Waals surface area contributed by atoms with Crippen LogP contribution in [0.2, 0.25) is 0 Å². The Morgan fingerprint density at radius 1 is 1.08 bits per heavy atom. The number of carbonyl (C=O) groups is 2. The van der Waals surface area contributed by atoms with Gasteiger partial charge in [-0.05, 0) is 47.7 Å². The van der Waals surface area contributed by atoms with Crippen molar-refractivity contribution in [1.82, 2.24) is 15.8 Å². The Bertz CT molecular complexity index is 725. The lowest BCUT2D eigenvalue weighted by molar-refractivity contribution is -0.117. The molecular weight excluding hydrogens is 343 g/mol. The highest BCUT2D eigenvalue weighted by Crippen LogP contribution is 2.36. The number of carbonyl (C=O) groups excluding carboxylic acids is 2. The fourth-order valence-electron chi connectivity index (χ4n) is 1.65. The second-order valence-corrected chi connectivity index (χ2v) is 5.62. The summed E-state index contributed by atoms with van der Waals surface area (Å²) < 4.78 is 36.6. The van der Waals surface area contributed by atoms with Crippen molar-refractivity contribution in [3.63, 3.8) is 0 Å². The van der Waals surface area contributed by atoms with Gasteiger partial charge in [0.05, 0.1) is 0 Å². The van der Waals surface area contributed by atoms with Gasteiger partial charge in [0.1, 0.15) is 5.69 Å². The molecule has 0 aliphatic heterocycles. The molecule has 0 saturated heterocycles. The highest BCUT2D eigenvalue weighted by atomic mass is 32.2. The second-order valence-electron chi connectivity index (χ2n) is 4.48. The molecule has 9 heteroatoms. The van der Waals surface area contributed by atoms with E-state index in [1.807, 2.05) is 0 Å². The monoisotopic (exact) mass is 355 g/mol. The molecule has 0 spiro atoms. The van der Waals surface area contributed by atoms with Crippen molar-refractivity contribution in [2.45, 2.75) is 10.4 Å². The first-order valence-corrected chi connectivity index (χ1v) is 7.43. The number of H-pyrrole nitrogens is 1. The van der Waals surface area contributed by atoms with Gasteiger partial charge >= 0.3 is 5.51 Å². The number of hydrogen-bond donors (Lipinski definition) is 3. The molecule has 0 aliphatic carbocycles. The number of thioether (sulfide) groups is 1. The largest absolute Gasteiger partial charge is 0.446 e. The number of alkyl halides is 3. The van der Waals surface area contributed by atoms with Gasteiger partial charge in [-0.25, -0.2) is 0 Å². The van der Waals surface area contributed by atoms with Gasteiger partial charge in [-0.15, -0.1) is 0 Å². The number of aromatic amines is 1. The fourth-order valence-corrected chi connectivity index (χ4v) is 2.19. The molecule has 0 saturated carbocycles. The molecule has 2 aromatic rings. The van der Waals surface area contributed by atoms with Crippen LogP contribution in [0.3, 0.4) is 0 Å². The first-order chi connectivity index (χ1) is 11.3. The third-order valence-electron chi connectivity index (χ3n) is 2.68. The standard InChI is InChI=1S/C15H12F3N3O2S/c16-15(17,18)24-11-6-3-10(4-7-11)5-8-13(22)20-21-14(23)12-2-1-9-19-12/h1-9,19H,(H,20,22)(H,21,23)/b8-5+. The number of halogens is 3. The predicted octanol–water partition coefficient (Wildman–Crippen LogP) is 3.10. The van der Waals surface area contributed by atoms with E-state index in [1.165, 1.54) is 36.4 Å². The molecule has 0 unspecified atom stereocenters. The molecule has 0 aliphatic rings. The molecule has 5 nitrogen and oxygen atoms in total. The summed E-state index contributed by atoms with van der Waals surface area (Å²) >= 11 is -0.210. The van der Waals surface area contributed by atoms with Crippen molar-refractivity contribution in [3.05, 3.63) is 59.9 Å². The quantitative estimate of drug-likeness (QED) is 0.448. The zero-order chi connectivity index (χ0) is 17.6. The van der Waals surface area contributed by atoms with Gasteiger partial charge in [-0.3, -0.25) is 20.4 Å². The second kappa shape index (κ2) is 7.73. The van der Waals surface area contributed by atoms with Crippen molar-refractivity contribution < 1.29 is 22.8 Å². The van der Waals surface area contributed by atoms with E-state index >= 15 is 0 Å². The number of hydrogen-bond acceptors (Lipinski definition) is 3. The van der Waals surface area contributed by atoms with Gasteiger partial charge in [0, 0.05) is 17.2 Å². The molecule has 126 valence electrons. The SMILES string of the molecule is O=C(/C=C/c1ccc(SC(F)(F)F)cc1)NNC(=O)c1ccc[nH]1. The minimum absolute atomic E-state index is 0.0577. The van der Waals surface area contributed by atoms with Crippen LogP contribution < -0.4 is 10.9 Å². The van der Waals surface area contributed by atoms with Gasteiger partial charge in [0.25, 0.3) is 11.8 Å². The van der Waals surface area contributed by atoms with E-state index < -0.39 is 17.3 Å². The maximum Gasteiger partial charge on any atom is 0.446 e. The predicted molar refractivity (Wildman–Crippen MR) is 83.8 cm³/mol. The molecule has 0 fully saturated rings. The molecule has 3 N–H and O–H groups in total. The van der Waals surface area contributed by atoms with Crippen LogP contribution in [0.1, 0.15) is 16.1 Å². The lowest BCUT2D eigenvalue weighted by atomic mass is 10.2. The summed E-state index contributed by atoms with van der Waals surface area (Å²) in [6.07, 6.45) is 4.14. The van der Waals surface area contributed by atoms with Crippen LogP contribution in [0.25, 0.3) is 6.08 Å². The van der Waals surface area contributed by atoms with Crippen LogP contribution in [0.15, 0.2) is 53.6 Å². The Kier molecular flexibility index (Phi) is 5.69. The van der Waals surface area contributed by atoms with Crippen molar-refractivity contribution >= 4 is 29.7 Å². The van der Waals surface area contributed by atoms with Gasteiger partial charge in [-0.2, -0.15) is 13.2 Å². The van der Waals surface area contributed by atoms with Crippen molar-refractivity contribution in [2.75, 3.05) is 0 Å². The summed E-state index contributed by atoms with van der Waals surface area (Å²) in [5.74, 6) is -1.08. The van der Waals surface area contributed by atoms with Crippen LogP contribution in [-0.4, -0.2) is 22.3 Å². The molecule has 0 radical (unpaired) electrons. The summed E-state index contributed by atoms with van der Waals surface area (Å²) in [4.78, 5) is 25.9. The van der Waals surface area contributed by atoms with Crippen LogP contribution in [0.5, 0.6) is 0 Å². The maximum atomic E-state index is 12.2. The van der Waals surface area contributed by atoms with E-state index in [1.54, 1.807) is 12.3 Å². The molecule has 1 aromatic carbocycles. The summed E-state index contributed by atoms with van der Waals surface area (Å²) in [5.41, 5.74) is 0.891. The van der Waals surface area contributed by atoms with E-state index in [0.717, 1.165) is 6.08 Å². The van der Waals surface area contributed by atoms with Crippen LogP contribution >= 0.6 is 11.8 Å². The molecular formula is C15H12F3N3O2S. The number of aromatic nitrogens is 1. The topological polar surface area (TPSA) is 74.0 Å². The first-order valence-electron chi connectivity index (χ1n) is 6.61. The van der Waals surface area contributed by atoms with Gasteiger partial charge in [0.2, 0.25) is 0 Å². The minimum Gasteiger partial charge on any atom is -0.357 e. The highest BCUT2D eigenvalue weighted by Gasteiger charge is 2.28. The minimum atomic E-state index is -4.34. The van der Waals surface area contributed by atoms with E-state index in [0.29, 0.717) is 5.56 Å². The fraction of sp³-hybridized carbons (Fsp3) is 0.0667. The summed E-state index contributed by atoms with van der Waals surface area (Å²) in [6.45, 7) is 0. The highest BCUT2D eigenvalue weighted by molar-refractivity contribution is 8.00. The van der Waals surface area contributed by atoms with E-state index in [-0.39, 0.29) is 22.4 Å². The Labute approximate surface area is 139 Å². The Hall–Kier alpha value is -2.68. The summed E-state index contributed by atoms with van der Waals surface area (Å²) in [6, 6.07) is 8.70. The normalized spacial score (nSPS) is 11.5. The number of hydrazine groups is 1. The maximum absolute atomic E-state index is 12.2. The average Bonchev–Trinajstić information content (AvgIpc) is 3.05. The molecule has 0 bridgehead atoms. The zero-order valence-electron chi connectivity index (χ0n) is 12.1. The molecule has 1 aromatic heterocycles. The van der Waals surface area contributed by atoms with Gasteiger partial charge in [-0.1, -0.05) is 12.1 Å². The van der Waals surface area contributed by atoms with E-state index in [9.17, 15) is 22.8 Å². The number of amides is 2. The lowest BCUT2D eigenvalue weighted by Gasteiger charge is -2.05. The summed E-state index contributed by atoms with van der Waals surface area (Å²) in [7, 11) is 0. The molecule has 2 amide bonds. The third kappa shape index (κ3) is 5.84. The number of rotatable bonds is 4. The van der Waals surface area contributed by atoms with Crippen LogP contribution in [-0.2, 0) is 4.79 Å². The van der Waals surface area contributed by atoms with Crippen LogP contribution in [0, 0.1) is 0 Å². The van der Waals surface area contributed by atoms with Crippen molar-refractivity contribution in [2.24, 2.45) is 0 Å². The Balaban J connectivity index is 1.84. The van der Waals surface area contributed by atoms with E-state index in [2.05, 4.69) is 15.8 Å². The summed E-state index contributed by atoms with van der Waals surface area (Å²) in [5, 5.41) is 0. The van der Waals surface area contributed by atoms with Gasteiger partial charge < -0.3 is 4.98 Å². The molecule has 2 rings (SSSR count). The number of nitrogens with one attached hydrogen (secondary N) is 3.